The number of imidazole rings is 2. The molecule has 2 aromatic heterocycles. The summed E-state index contributed by atoms with van der Waals surface area (Å²) in [4.78, 5) is 37.0. The van der Waals surface area contributed by atoms with E-state index in [1.165, 1.54) is 0 Å². The number of hydrogen-bond donors (Lipinski definition) is 4. The van der Waals surface area contributed by atoms with Crippen molar-refractivity contribution in [3.05, 3.63) is 282 Å². The Bertz CT molecular complexity index is 3090. The largest absolute Gasteiger partial charge is 0.351 e. The molecule has 4 N–H and O–H groups in total. The lowest BCUT2D eigenvalue weighted by molar-refractivity contribution is -0.134. The Hall–Kier alpha value is -7.77. The zero-order valence-corrected chi connectivity index (χ0v) is 40.8. The Morgan fingerprint density at radius 2 is 0.889 bits per heavy atom. The fourth-order valence-electron chi connectivity index (χ4n) is 13.1. The second-order valence-corrected chi connectivity index (χ2v) is 21.7. The predicted octanol–water partition coefficient (Wildman–Crippen LogP) is 9.34. The van der Waals surface area contributed by atoms with Crippen LogP contribution in [0.3, 0.4) is 0 Å². The molecule has 7 aromatic carbocycles. The van der Waals surface area contributed by atoms with Gasteiger partial charge in [-0.2, -0.15) is 0 Å². The summed E-state index contributed by atoms with van der Waals surface area (Å²) in [6, 6.07) is 69.8. The lowest BCUT2D eigenvalue weighted by atomic mass is 9.47. The summed E-state index contributed by atoms with van der Waals surface area (Å²) in [5, 5.41) is 7.51. The van der Waals surface area contributed by atoms with Crippen molar-refractivity contribution in [1.29, 1.82) is 0 Å². The molecule has 0 spiro atoms. The number of nitrogens with one attached hydrogen (secondary N) is 4. The third-order valence-corrected chi connectivity index (χ3v) is 18.8. The number of carbonyl (C=O) groups is 1. The van der Waals surface area contributed by atoms with Crippen molar-refractivity contribution in [1.82, 2.24) is 35.5 Å². The van der Waals surface area contributed by atoms with Gasteiger partial charge in [0.15, 0.2) is 14.9 Å². The molecular formula is C60H51N7O3S2. The Labute approximate surface area is 424 Å². The third-order valence-electron chi connectivity index (χ3n) is 15.9. The number of amides is 1. The summed E-state index contributed by atoms with van der Waals surface area (Å²) in [7, 11) is -4.05. The maximum atomic E-state index is 18.0. The first-order chi connectivity index (χ1) is 35.3. The van der Waals surface area contributed by atoms with E-state index < -0.39 is 54.7 Å². The molecule has 12 rings (SSSR count). The molecule has 2 aliphatic heterocycles. The molecule has 0 bridgehead atoms. The highest BCUT2D eigenvalue weighted by molar-refractivity contribution is 7.93. The minimum Gasteiger partial charge on any atom is -0.351 e. The van der Waals surface area contributed by atoms with Crippen LogP contribution in [0.2, 0.25) is 0 Å². The lowest BCUT2D eigenvalue weighted by Crippen LogP contribution is -2.66. The van der Waals surface area contributed by atoms with E-state index in [-0.39, 0.29) is 22.5 Å². The number of aromatic nitrogens is 4. The molecule has 356 valence electrons. The Morgan fingerprint density at radius 1 is 0.542 bits per heavy atom. The molecular weight excluding hydrogens is 931 g/mol. The average Bonchev–Trinajstić information content (AvgIpc) is 4.12. The lowest BCUT2D eigenvalue weighted by Gasteiger charge is -2.56. The molecule has 9 aromatic rings. The SMILES string of the molecule is O=C1N(C2C3CNCC32S(=O)(=O)c2ccccc2)C(=S)NC1(C(c1c[nH]cn1)C(c1ccccc1)(c1ccccc1)c1ccccc1)C(c1c[nH]cn1)C(c1ccccc1)(c1ccccc1)c1ccccc1. The van der Waals surface area contributed by atoms with Gasteiger partial charge in [0, 0.05) is 31.4 Å². The van der Waals surface area contributed by atoms with Gasteiger partial charge in [0.25, 0.3) is 5.91 Å². The molecule has 1 saturated carbocycles. The number of benzene rings is 7. The zero-order chi connectivity index (χ0) is 49.0. The number of nitrogens with zero attached hydrogens (tertiary/aromatic N) is 3. The van der Waals surface area contributed by atoms with Gasteiger partial charge in [0.1, 0.15) is 10.3 Å². The standard InChI is InChI=1S/C60H51N7O3S2/c68-55-60(66-56(71)67(55)54-49-36-61-39-57(49,54)72(69,70)48-34-20-7-21-35-48,52(50-37-62-40-64-50)58(42-22-8-1-9-23-42,43-24-10-2-11-25-43)44-26-12-3-13-27-44)53(51-38-63-41-65-51)59(45-28-14-4-15-29-45,46-30-16-5-17-31-46)47-32-18-6-19-33-47/h1-35,37-38,40-41,49,52-54,61H,36,39H2,(H,62,64)(H,63,65)(H,66,71). The molecule has 3 fully saturated rings. The highest BCUT2D eigenvalue weighted by Gasteiger charge is 2.81. The quantitative estimate of drug-likeness (QED) is 0.0590. The van der Waals surface area contributed by atoms with E-state index in [2.05, 4.69) is 93.4 Å². The van der Waals surface area contributed by atoms with Gasteiger partial charge in [-0.25, -0.2) is 18.4 Å². The number of H-pyrrole nitrogens is 2. The molecule has 3 aliphatic rings. The summed E-state index contributed by atoms with van der Waals surface area (Å²) in [5.74, 6) is -2.84. The van der Waals surface area contributed by atoms with E-state index in [1.807, 2.05) is 128 Å². The Kier molecular flexibility index (Phi) is 11.2. The number of rotatable bonds is 15. The Morgan fingerprint density at radius 3 is 1.22 bits per heavy atom. The molecule has 72 heavy (non-hydrogen) atoms. The number of sulfone groups is 1. The van der Waals surface area contributed by atoms with Crippen LogP contribution in [-0.2, 0) is 25.5 Å². The molecule has 2 saturated heterocycles. The molecule has 10 nitrogen and oxygen atoms in total. The van der Waals surface area contributed by atoms with Crippen LogP contribution >= 0.6 is 12.2 Å². The van der Waals surface area contributed by atoms with Crippen molar-refractivity contribution >= 4 is 33.1 Å². The summed E-state index contributed by atoms with van der Waals surface area (Å²) >= 11 is 6.72. The number of hydrogen-bond acceptors (Lipinski definition) is 7. The number of carbonyl (C=O) groups excluding carboxylic acids is 1. The van der Waals surface area contributed by atoms with Crippen molar-refractivity contribution in [3.8, 4) is 0 Å². The van der Waals surface area contributed by atoms with Crippen LogP contribution in [0.4, 0.5) is 0 Å². The second-order valence-electron chi connectivity index (χ2n) is 19.1. The average molecular weight is 982 g/mol. The van der Waals surface area contributed by atoms with Crippen LogP contribution in [0.5, 0.6) is 0 Å². The highest BCUT2D eigenvalue weighted by atomic mass is 32.2. The van der Waals surface area contributed by atoms with Crippen LogP contribution in [0, 0.1) is 5.92 Å². The molecule has 1 aliphatic carbocycles. The fourth-order valence-corrected chi connectivity index (χ4v) is 15.9. The maximum absolute atomic E-state index is 18.0. The van der Waals surface area contributed by atoms with Crippen molar-refractivity contribution < 1.29 is 13.2 Å². The molecule has 5 unspecified atom stereocenters. The van der Waals surface area contributed by atoms with Gasteiger partial charge in [0.2, 0.25) is 0 Å². The molecule has 4 heterocycles. The van der Waals surface area contributed by atoms with Gasteiger partial charge in [-0.05, 0) is 57.7 Å². The minimum atomic E-state index is -4.05. The first-order valence-electron chi connectivity index (χ1n) is 24.3. The van der Waals surface area contributed by atoms with Crippen molar-refractivity contribution in [2.75, 3.05) is 13.1 Å². The van der Waals surface area contributed by atoms with E-state index in [4.69, 9.17) is 22.2 Å². The molecule has 1 amide bonds. The number of fused-ring (bicyclic) bond motifs is 1. The van der Waals surface area contributed by atoms with Crippen molar-refractivity contribution in [3.63, 3.8) is 0 Å². The smallest absolute Gasteiger partial charge is 0.256 e. The monoisotopic (exact) mass is 981 g/mol. The van der Waals surface area contributed by atoms with Gasteiger partial charge >= 0.3 is 0 Å². The summed E-state index contributed by atoms with van der Waals surface area (Å²) in [6.45, 7) is 0.528. The van der Waals surface area contributed by atoms with Gasteiger partial charge in [-0.15, -0.1) is 0 Å². The van der Waals surface area contributed by atoms with Gasteiger partial charge < -0.3 is 20.6 Å². The first-order valence-corrected chi connectivity index (χ1v) is 26.2. The van der Waals surface area contributed by atoms with Gasteiger partial charge in [0.05, 0.1) is 57.6 Å². The van der Waals surface area contributed by atoms with E-state index in [0.717, 1.165) is 33.4 Å². The Balaban J connectivity index is 1.26. The first kappa shape index (κ1) is 45.4. The van der Waals surface area contributed by atoms with Crippen molar-refractivity contribution in [2.24, 2.45) is 5.92 Å². The topological polar surface area (TPSA) is 136 Å². The summed E-state index contributed by atoms with van der Waals surface area (Å²) < 4.78 is 29.3. The van der Waals surface area contributed by atoms with E-state index in [9.17, 15) is 0 Å². The van der Waals surface area contributed by atoms with E-state index in [0.29, 0.717) is 17.9 Å². The molecule has 5 atom stereocenters. The van der Waals surface area contributed by atoms with E-state index >= 15 is 13.2 Å². The number of aromatic amines is 2. The summed E-state index contributed by atoms with van der Waals surface area (Å²) in [6.07, 6.45) is 7.12. The highest BCUT2D eigenvalue weighted by Crippen LogP contribution is 2.66. The van der Waals surface area contributed by atoms with Gasteiger partial charge in [-0.1, -0.05) is 200 Å². The van der Waals surface area contributed by atoms with Crippen LogP contribution in [0.25, 0.3) is 0 Å². The summed E-state index contributed by atoms with van der Waals surface area (Å²) in [5.41, 5.74) is 2.17. The predicted molar refractivity (Wildman–Crippen MR) is 283 cm³/mol. The zero-order valence-electron chi connectivity index (χ0n) is 39.1. The molecule has 12 heteroatoms. The van der Waals surface area contributed by atoms with Crippen molar-refractivity contribution in [2.45, 2.75) is 43.9 Å². The normalized spacial score (nSPS) is 21.7. The maximum Gasteiger partial charge on any atom is 0.256 e. The van der Waals surface area contributed by atoms with Crippen LogP contribution in [0.15, 0.2) is 242 Å². The van der Waals surface area contributed by atoms with E-state index in [1.54, 1.807) is 41.8 Å². The van der Waals surface area contributed by atoms with Crippen LogP contribution in [-0.4, -0.2) is 73.7 Å². The minimum absolute atomic E-state index is 0.134. The fraction of sp³-hybridized carbons (Fsp3) is 0.167. The third kappa shape index (κ3) is 6.52. The van der Waals surface area contributed by atoms with Crippen LogP contribution < -0.4 is 10.6 Å². The number of piperidine rings is 1. The van der Waals surface area contributed by atoms with Gasteiger partial charge in [-0.3, -0.25) is 9.69 Å². The number of thiocarbonyl (C=S) groups is 1. The molecule has 0 radical (unpaired) electrons. The second kappa shape index (κ2) is 17.8. The van der Waals surface area contributed by atoms with Crippen LogP contribution in [0.1, 0.15) is 56.6 Å².